The van der Waals surface area contributed by atoms with Crippen LogP contribution in [0.4, 0.5) is 0 Å². The van der Waals surface area contributed by atoms with Gasteiger partial charge in [-0.05, 0) is 25.3 Å². The van der Waals surface area contributed by atoms with E-state index in [0.717, 1.165) is 19.4 Å². The standard InChI is InChI=1S/C14H21NO2/c1-2-15-14(16)9-6-11-17-12-10-13-7-4-3-5-8-13/h3-5,7-8H,2,6,9-12H2,1H3,(H,15,16). The fraction of sp³-hybridized carbons (Fsp3) is 0.500. The lowest BCUT2D eigenvalue weighted by Crippen LogP contribution is -2.22. The number of nitrogens with one attached hydrogen (secondary N) is 1. The first-order valence-electron chi connectivity index (χ1n) is 6.21. The summed E-state index contributed by atoms with van der Waals surface area (Å²) in [6.07, 6.45) is 2.28. The van der Waals surface area contributed by atoms with Gasteiger partial charge in [-0.15, -0.1) is 0 Å². The van der Waals surface area contributed by atoms with Gasteiger partial charge in [0.15, 0.2) is 0 Å². The molecule has 0 spiro atoms. The molecule has 1 aromatic rings. The highest BCUT2D eigenvalue weighted by molar-refractivity contribution is 5.75. The Morgan fingerprint density at radius 3 is 2.71 bits per heavy atom. The van der Waals surface area contributed by atoms with E-state index in [4.69, 9.17) is 4.74 Å². The number of hydrogen-bond acceptors (Lipinski definition) is 2. The van der Waals surface area contributed by atoms with Crippen LogP contribution in [0.25, 0.3) is 0 Å². The highest BCUT2D eigenvalue weighted by atomic mass is 16.5. The minimum Gasteiger partial charge on any atom is -0.381 e. The third-order valence-electron chi connectivity index (χ3n) is 2.44. The minimum atomic E-state index is 0.110. The summed E-state index contributed by atoms with van der Waals surface area (Å²) < 4.78 is 5.49. The summed E-state index contributed by atoms with van der Waals surface area (Å²) in [5.41, 5.74) is 1.29. The molecule has 3 nitrogen and oxygen atoms in total. The molecule has 0 heterocycles. The van der Waals surface area contributed by atoms with Crippen molar-refractivity contribution < 1.29 is 9.53 Å². The van der Waals surface area contributed by atoms with E-state index >= 15 is 0 Å². The highest BCUT2D eigenvalue weighted by Crippen LogP contribution is 2.00. The molecule has 0 aliphatic carbocycles. The molecule has 0 unspecified atom stereocenters. The van der Waals surface area contributed by atoms with E-state index in [2.05, 4.69) is 17.4 Å². The lowest BCUT2D eigenvalue weighted by molar-refractivity contribution is -0.121. The Hall–Kier alpha value is -1.35. The first kappa shape index (κ1) is 13.7. The quantitative estimate of drug-likeness (QED) is 0.701. The third-order valence-corrected chi connectivity index (χ3v) is 2.44. The number of carbonyl (C=O) groups excluding carboxylic acids is 1. The second-order valence-electron chi connectivity index (χ2n) is 3.91. The smallest absolute Gasteiger partial charge is 0.220 e. The Labute approximate surface area is 103 Å². The predicted molar refractivity (Wildman–Crippen MR) is 68.9 cm³/mol. The van der Waals surface area contributed by atoms with Crippen molar-refractivity contribution in [2.75, 3.05) is 19.8 Å². The molecule has 0 atom stereocenters. The van der Waals surface area contributed by atoms with Gasteiger partial charge in [0.25, 0.3) is 0 Å². The van der Waals surface area contributed by atoms with Crippen molar-refractivity contribution in [3.8, 4) is 0 Å². The Morgan fingerprint density at radius 2 is 2.00 bits per heavy atom. The maximum absolute atomic E-state index is 11.1. The van der Waals surface area contributed by atoms with Gasteiger partial charge in [0, 0.05) is 19.6 Å². The molecule has 1 aromatic carbocycles. The molecule has 0 bridgehead atoms. The molecule has 1 N–H and O–H groups in total. The lowest BCUT2D eigenvalue weighted by Gasteiger charge is -2.04. The molecular weight excluding hydrogens is 214 g/mol. The first-order valence-corrected chi connectivity index (χ1v) is 6.21. The van der Waals surface area contributed by atoms with E-state index in [9.17, 15) is 4.79 Å². The van der Waals surface area contributed by atoms with Gasteiger partial charge in [-0.25, -0.2) is 0 Å². The predicted octanol–water partition coefficient (Wildman–Crippen LogP) is 2.16. The molecule has 0 aromatic heterocycles. The van der Waals surface area contributed by atoms with Crippen LogP contribution in [0.2, 0.25) is 0 Å². The van der Waals surface area contributed by atoms with E-state index in [1.807, 2.05) is 25.1 Å². The topological polar surface area (TPSA) is 38.3 Å². The van der Waals surface area contributed by atoms with Crippen LogP contribution < -0.4 is 5.32 Å². The molecule has 0 fully saturated rings. The van der Waals surface area contributed by atoms with Crippen LogP contribution in [0.5, 0.6) is 0 Å². The zero-order valence-corrected chi connectivity index (χ0v) is 10.4. The molecule has 1 amide bonds. The Morgan fingerprint density at radius 1 is 1.24 bits per heavy atom. The van der Waals surface area contributed by atoms with Crippen LogP contribution in [0.15, 0.2) is 30.3 Å². The van der Waals surface area contributed by atoms with Crippen molar-refractivity contribution in [3.05, 3.63) is 35.9 Å². The van der Waals surface area contributed by atoms with Gasteiger partial charge < -0.3 is 10.1 Å². The van der Waals surface area contributed by atoms with Crippen LogP contribution in [0.3, 0.4) is 0 Å². The van der Waals surface area contributed by atoms with Crippen molar-refractivity contribution in [3.63, 3.8) is 0 Å². The summed E-state index contributed by atoms with van der Waals surface area (Å²) in [5.74, 6) is 0.110. The summed E-state index contributed by atoms with van der Waals surface area (Å²) >= 11 is 0. The fourth-order valence-corrected chi connectivity index (χ4v) is 1.56. The van der Waals surface area contributed by atoms with Crippen molar-refractivity contribution >= 4 is 5.91 Å². The van der Waals surface area contributed by atoms with E-state index < -0.39 is 0 Å². The number of carbonyl (C=O) groups is 1. The van der Waals surface area contributed by atoms with E-state index in [0.29, 0.717) is 19.6 Å². The van der Waals surface area contributed by atoms with Crippen LogP contribution in [-0.2, 0) is 16.0 Å². The third kappa shape index (κ3) is 6.74. The van der Waals surface area contributed by atoms with Crippen molar-refractivity contribution in [2.45, 2.75) is 26.2 Å². The highest BCUT2D eigenvalue weighted by Gasteiger charge is 1.98. The Balaban J connectivity index is 1.96. The molecule has 0 aliphatic rings. The summed E-state index contributed by atoms with van der Waals surface area (Å²) in [6.45, 7) is 4.01. The molecule has 0 saturated carbocycles. The van der Waals surface area contributed by atoms with E-state index in [-0.39, 0.29) is 5.91 Å². The second kappa shape index (κ2) is 8.76. The number of amides is 1. The fourth-order valence-electron chi connectivity index (χ4n) is 1.56. The van der Waals surface area contributed by atoms with Crippen molar-refractivity contribution in [1.29, 1.82) is 0 Å². The van der Waals surface area contributed by atoms with E-state index in [1.165, 1.54) is 5.56 Å². The van der Waals surface area contributed by atoms with E-state index in [1.54, 1.807) is 0 Å². The molecule has 17 heavy (non-hydrogen) atoms. The van der Waals surface area contributed by atoms with Gasteiger partial charge in [0.1, 0.15) is 0 Å². The summed E-state index contributed by atoms with van der Waals surface area (Å²) in [7, 11) is 0. The van der Waals surface area contributed by atoms with Gasteiger partial charge in [-0.1, -0.05) is 30.3 Å². The SMILES string of the molecule is CCNC(=O)CCCOCCc1ccccc1. The molecule has 3 heteroatoms. The second-order valence-corrected chi connectivity index (χ2v) is 3.91. The molecular formula is C14H21NO2. The van der Waals surface area contributed by atoms with Gasteiger partial charge in [0.05, 0.1) is 6.61 Å². The summed E-state index contributed by atoms with van der Waals surface area (Å²) in [6, 6.07) is 10.3. The maximum atomic E-state index is 11.1. The summed E-state index contributed by atoms with van der Waals surface area (Å²) in [4.78, 5) is 11.1. The summed E-state index contributed by atoms with van der Waals surface area (Å²) in [5, 5.41) is 2.77. The zero-order valence-electron chi connectivity index (χ0n) is 10.4. The molecule has 0 saturated heterocycles. The monoisotopic (exact) mass is 235 g/mol. The largest absolute Gasteiger partial charge is 0.381 e. The molecule has 94 valence electrons. The van der Waals surface area contributed by atoms with Crippen molar-refractivity contribution in [1.82, 2.24) is 5.32 Å². The molecule has 0 radical (unpaired) electrons. The Bertz CT molecular complexity index is 311. The lowest BCUT2D eigenvalue weighted by atomic mass is 10.2. The van der Waals surface area contributed by atoms with Gasteiger partial charge >= 0.3 is 0 Å². The first-order chi connectivity index (χ1) is 8.33. The number of hydrogen-bond donors (Lipinski definition) is 1. The number of rotatable bonds is 8. The van der Waals surface area contributed by atoms with Gasteiger partial charge in [0.2, 0.25) is 5.91 Å². The average molecular weight is 235 g/mol. The number of ether oxygens (including phenoxy) is 1. The van der Waals surface area contributed by atoms with Gasteiger partial charge in [-0.2, -0.15) is 0 Å². The average Bonchev–Trinajstić information content (AvgIpc) is 2.35. The van der Waals surface area contributed by atoms with Gasteiger partial charge in [-0.3, -0.25) is 4.79 Å². The number of benzene rings is 1. The van der Waals surface area contributed by atoms with Crippen LogP contribution in [0.1, 0.15) is 25.3 Å². The molecule has 1 rings (SSSR count). The van der Waals surface area contributed by atoms with Crippen LogP contribution in [0, 0.1) is 0 Å². The normalized spacial score (nSPS) is 10.2. The van der Waals surface area contributed by atoms with Crippen LogP contribution in [-0.4, -0.2) is 25.7 Å². The zero-order chi connectivity index (χ0) is 12.3. The Kier molecular flexibility index (Phi) is 7.07. The molecule has 0 aliphatic heterocycles. The van der Waals surface area contributed by atoms with Crippen molar-refractivity contribution in [2.24, 2.45) is 0 Å². The van der Waals surface area contributed by atoms with Crippen LogP contribution >= 0.6 is 0 Å². The minimum absolute atomic E-state index is 0.110. The maximum Gasteiger partial charge on any atom is 0.220 e.